The summed E-state index contributed by atoms with van der Waals surface area (Å²) in [5, 5.41) is 27.5. The van der Waals surface area contributed by atoms with Gasteiger partial charge in [0, 0.05) is 12.1 Å². The van der Waals surface area contributed by atoms with Gasteiger partial charge in [0.1, 0.15) is 11.9 Å². The average Bonchev–Trinajstić information content (AvgIpc) is 2.29. The number of hydrogen-bond donors (Lipinski definition) is 4. The fraction of sp³-hybridized carbons (Fsp3) is 0.364. The maximum Gasteiger partial charge on any atom is 0.307 e. The molecule has 0 aromatic heterocycles. The molecule has 1 aromatic rings. The molecule has 1 aromatic carbocycles. The van der Waals surface area contributed by atoms with Gasteiger partial charge < -0.3 is 21.1 Å². The fourth-order valence-corrected chi connectivity index (χ4v) is 1.44. The Bertz CT molecular complexity index is 410. The summed E-state index contributed by atoms with van der Waals surface area (Å²) in [5.74, 6) is -1.77. The van der Waals surface area contributed by atoms with Gasteiger partial charge in [0.25, 0.3) is 0 Å². The van der Waals surface area contributed by atoms with Crippen molar-refractivity contribution in [3.8, 4) is 0 Å². The molecule has 1 rings (SSSR count). The van der Waals surface area contributed by atoms with Crippen molar-refractivity contribution in [1.29, 1.82) is 0 Å². The molecule has 0 aliphatic rings. The van der Waals surface area contributed by atoms with Gasteiger partial charge >= 0.3 is 5.97 Å². The highest BCUT2D eigenvalue weighted by atomic mass is 19.1. The zero-order valence-electron chi connectivity index (χ0n) is 9.01. The molecule has 6 heteroatoms. The van der Waals surface area contributed by atoms with Crippen LogP contribution in [0.3, 0.4) is 0 Å². The van der Waals surface area contributed by atoms with Gasteiger partial charge in [-0.25, -0.2) is 4.39 Å². The number of carboxylic acids is 1. The minimum absolute atomic E-state index is 0.151. The van der Waals surface area contributed by atoms with Gasteiger partial charge in [-0.3, -0.25) is 4.79 Å². The third-order valence-corrected chi connectivity index (χ3v) is 2.34. The van der Waals surface area contributed by atoms with Gasteiger partial charge in [0.15, 0.2) is 0 Å². The average molecular weight is 243 g/mol. The minimum atomic E-state index is -1.46. The van der Waals surface area contributed by atoms with Gasteiger partial charge in [0.05, 0.1) is 12.5 Å². The van der Waals surface area contributed by atoms with E-state index in [4.69, 9.17) is 10.8 Å². The number of aliphatic hydroxyl groups is 2. The van der Waals surface area contributed by atoms with Crippen LogP contribution < -0.4 is 5.73 Å². The lowest BCUT2D eigenvalue weighted by atomic mass is 10.00. The molecule has 5 N–H and O–H groups in total. The van der Waals surface area contributed by atoms with Gasteiger partial charge in [-0.05, 0) is 17.7 Å². The van der Waals surface area contributed by atoms with E-state index >= 15 is 0 Å². The molecular formula is C11H14FNO4. The van der Waals surface area contributed by atoms with Crippen LogP contribution in [0.4, 0.5) is 4.39 Å². The molecule has 5 nitrogen and oxygen atoms in total. The number of rotatable bonds is 5. The van der Waals surface area contributed by atoms with Gasteiger partial charge in [-0.1, -0.05) is 6.07 Å². The summed E-state index contributed by atoms with van der Waals surface area (Å²) in [7, 11) is 0. The Morgan fingerprint density at radius 1 is 1.41 bits per heavy atom. The first-order valence-electron chi connectivity index (χ1n) is 5.02. The highest BCUT2D eigenvalue weighted by Gasteiger charge is 2.20. The van der Waals surface area contributed by atoms with Crippen LogP contribution in [0.25, 0.3) is 0 Å². The molecule has 17 heavy (non-hydrogen) atoms. The smallest absolute Gasteiger partial charge is 0.307 e. The van der Waals surface area contributed by atoms with Crippen LogP contribution in [0.15, 0.2) is 18.2 Å². The largest absolute Gasteiger partial charge is 0.481 e. The SMILES string of the molecule is NCC(O)C(O)c1cc(CC(=O)O)ccc1F. The summed E-state index contributed by atoms with van der Waals surface area (Å²) in [6.07, 6.45) is -3.03. The molecule has 0 saturated heterocycles. The molecule has 94 valence electrons. The minimum Gasteiger partial charge on any atom is -0.481 e. The molecule has 0 bridgehead atoms. The van der Waals surface area contributed by atoms with Crippen molar-refractivity contribution in [1.82, 2.24) is 0 Å². The van der Waals surface area contributed by atoms with E-state index in [2.05, 4.69) is 0 Å². The second-order valence-corrected chi connectivity index (χ2v) is 3.67. The van der Waals surface area contributed by atoms with Crippen LogP contribution in [0.1, 0.15) is 17.2 Å². The van der Waals surface area contributed by atoms with Crippen molar-refractivity contribution >= 4 is 5.97 Å². The van der Waals surface area contributed by atoms with Gasteiger partial charge in [-0.15, -0.1) is 0 Å². The molecule has 2 unspecified atom stereocenters. The molecule has 0 spiro atoms. The molecule has 0 heterocycles. The molecule has 0 fully saturated rings. The summed E-state index contributed by atoms with van der Waals surface area (Å²) >= 11 is 0. The van der Waals surface area contributed by atoms with E-state index in [0.29, 0.717) is 5.56 Å². The van der Waals surface area contributed by atoms with Crippen molar-refractivity contribution < 1.29 is 24.5 Å². The summed E-state index contributed by atoms with van der Waals surface area (Å²) in [6.45, 7) is -0.218. The van der Waals surface area contributed by atoms with Crippen LogP contribution in [0, 0.1) is 5.82 Å². The lowest BCUT2D eigenvalue weighted by Gasteiger charge is -2.17. The Kier molecular flexibility index (Phi) is 4.56. The molecule has 2 atom stereocenters. The predicted octanol–water partition coefficient (Wildman–Crippen LogP) is -0.194. The standard InChI is InChI=1S/C11H14FNO4/c12-8-2-1-6(4-10(15)16)3-7(8)11(17)9(14)5-13/h1-3,9,11,14,17H,4-5,13H2,(H,15,16). The number of halogens is 1. The Morgan fingerprint density at radius 3 is 2.59 bits per heavy atom. The van der Waals surface area contributed by atoms with E-state index in [1.54, 1.807) is 0 Å². The zero-order valence-corrected chi connectivity index (χ0v) is 9.01. The van der Waals surface area contributed by atoms with E-state index in [1.165, 1.54) is 12.1 Å². The van der Waals surface area contributed by atoms with E-state index in [0.717, 1.165) is 6.07 Å². The normalized spacial score (nSPS) is 14.4. The molecule has 0 amide bonds. The first-order valence-corrected chi connectivity index (χ1v) is 5.02. The number of benzene rings is 1. The first-order chi connectivity index (χ1) is 7.95. The molecule has 0 aliphatic heterocycles. The number of carboxylic acid groups (broad SMARTS) is 1. The second kappa shape index (κ2) is 5.72. The van der Waals surface area contributed by atoms with Gasteiger partial charge in [-0.2, -0.15) is 0 Å². The van der Waals surface area contributed by atoms with Crippen molar-refractivity contribution in [3.05, 3.63) is 35.1 Å². The maximum absolute atomic E-state index is 13.4. The van der Waals surface area contributed by atoms with Crippen LogP contribution in [0.5, 0.6) is 0 Å². The van der Waals surface area contributed by atoms with Crippen molar-refractivity contribution in [2.75, 3.05) is 6.54 Å². The molecule has 0 saturated carbocycles. The predicted molar refractivity (Wildman–Crippen MR) is 57.8 cm³/mol. The fourth-order valence-electron chi connectivity index (χ4n) is 1.44. The van der Waals surface area contributed by atoms with E-state index in [9.17, 15) is 19.4 Å². The van der Waals surface area contributed by atoms with E-state index in [-0.39, 0.29) is 18.5 Å². The highest BCUT2D eigenvalue weighted by Crippen LogP contribution is 2.21. The zero-order chi connectivity index (χ0) is 13.0. The summed E-state index contributed by atoms with van der Waals surface area (Å²) in [5.41, 5.74) is 5.35. The van der Waals surface area contributed by atoms with Crippen LogP contribution in [-0.2, 0) is 11.2 Å². The summed E-state index contributed by atoms with van der Waals surface area (Å²) in [4.78, 5) is 10.5. The Morgan fingerprint density at radius 2 is 2.06 bits per heavy atom. The van der Waals surface area contributed by atoms with Crippen LogP contribution in [-0.4, -0.2) is 33.9 Å². The quantitative estimate of drug-likeness (QED) is 0.573. The summed E-state index contributed by atoms with van der Waals surface area (Å²) in [6, 6.07) is 3.58. The second-order valence-electron chi connectivity index (χ2n) is 3.67. The number of carbonyl (C=O) groups is 1. The van der Waals surface area contributed by atoms with Crippen LogP contribution in [0.2, 0.25) is 0 Å². The van der Waals surface area contributed by atoms with Crippen molar-refractivity contribution in [2.24, 2.45) is 5.73 Å². The summed E-state index contributed by atoms with van der Waals surface area (Å²) < 4.78 is 13.4. The third kappa shape index (κ3) is 3.48. The lowest BCUT2D eigenvalue weighted by Crippen LogP contribution is -2.27. The topological polar surface area (TPSA) is 104 Å². The number of nitrogens with two attached hydrogens (primary N) is 1. The number of aliphatic hydroxyl groups excluding tert-OH is 2. The number of aliphatic carboxylic acids is 1. The van der Waals surface area contributed by atoms with Gasteiger partial charge in [0.2, 0.25) is 0 Å². The van der Waals surface area contributed by atoms with E-state index in [1.807, 2.05) is 0 Å². The van der Waals surface area contributed by atoms with Crippen LogP contribution >= 0.6 is 0 Å². The first kappa shape index (κ1) is 13.6. The highest BCUT2D eigenvalue weighted by molar-refractivity contribution is 5.70. The molecular weight excluding hydrogens is 229 g/mol. The maximum atomic E-state index is 13.4. The van der Waals surface area contributed by atoms with Crippen molar-refractivity contribution in [2.45, 2.75) is 18.6 Å². The Labute approximate surface area is 97.3 Å². The van der Waals surface area contributed by atoms with E-state index < -0.39 is 24.0 Å². The Balaban J connectivity index is 3.01. The lowest BCUT2D eigenvalue weighted by molar-refractivity contribution is -0.136. The number of hydrogen-bond acceptors (Lipinski definition) is 4. The third-order valence-electron chi connectivity index (χ3n) is 2.34. The molecule has 0 radical (unpaired) electrons. The molecule has 0 aliphatic carbocycles. The van der Waals surface area contributed by atoms with Crippen molar-refractivity contribution in [3.63, 3.8) is 0 Å². The monoisotopic (exact) mass is 243 g/mol. The Hall–Kier alpha value is -1.50.